The van der Waals surface area contributed by atoms with Gasteiger partial charge in [-0.1, -0.05) is 19.3 Å². The highest BCUT2D eigenvalue weighted by molar-refractivity contribution is 7.32. The Morgan fingerprint density at radius 1 is 0.596 bits per heavy atom. The van der Waals surface area contributed by atoms with Crippen molar-refractivity contribution in [3.63, 3.8) is 0 Å². The van der Waals surface area contributed by atoms with Gasteiger partial charge in [-0.05, 0) is 54.8 Å². The molecule has 0 unspecified atom stereocenters. The molecule has 0 radical (unpaired) electrons. The molecule has 3 aromatic heterocycles. The first-order valence-corrected chi connectivity index (χ1v) is 17.3. The largest absolute Gasteiger partial charge is 0.285 e. The van der Waals surface area contributed by atoms with Crippen molar-refractivity contribution in [3.05, 3.63) is 103 Å². The van der Waals surface area contributed by atoms with E-state index in [9.17, 15) is 36.7 Å². The molecule has 11 heteroatoms. The van der Waals surface area contributed by atoms with E-state index in [-0.39, 0.29) is 27.7 Å². The molecule has 4 aliphatic carbocycles. The lowest BCUT2D eigenvalue weighted by Gasteiger charge is -2.35. The molecular weight excluding hydrogens is 669 g/mol. The number of rotatable bonds is 2. The van der Waals surface area contributed by atoms with Crippen molar-refractivity contribution in [1.82, 2.24) is 0 Å². The average Bonchev–Trinajstić information content (AvgIpc) is 3.83. The molecule has 4 aliphatic rings. The maximum absolute atomic E-state index is 14.5. The third kappa shape index (κ3) is 3.90. The molecule has 0 N–H and O–H groups in total. The van der Waals surface area contributed by atoms with Crippen LogP contribution < -0.4 is 0 Å². The van der Waals surface area contributed by atoms with Gasteiger partial charge in [-0.2, -0.15) is 0 Å². The van der Waals surface area contributed by atoms with E-state index in [2.05, 4.69) is 0 Å². The summed E-state index contributed by atoms with van der Waals surface area (Å²) in [4.78, 5) is 54.4. The molecule has 0 amide bonds. The number of allylic oxidation sites excluding steroid dienone is 2. The SMILES string of the molecule is O=C1C(=O)c2c(F)cc(F)cc2/C1=C/c1cc2c(s1)-c1sc3cc(/C=C4\C(=O)C(=O)c5c(F)cc(F)cc54)sc3c1C21CCCCC1. The Morgan fingerprint density at radius 2 is 1.15 bits per heavy atom. The molecule has 47 heavy (non-hydrogen) atoms. The van der Waals surface area contributed by atoms with Crippen molar-refractivity contribution in [2.45, 2.75) is 37.5 Å². The minimum atomic E-state index is -1.06. The zero-order chi connectivity index (χ0) is 32.5. The molecule has 1 fully saturated rings. The van der Waals surface area contributed by atoms with Crippen LogP contribution in [0.1, 0.15) is 84.8 Å². The van der Waals surface area contributed by atoms with Gasteiger partial charge in [0.25, 0.3) is 0 Å². The number of thiophene rings is 3. The number of Topliss-reactive ketones (excluding diaryl/α,β-unsaturated/α-hetero) is 4. The van der Waals surface area contributed by atoms with Gasteiger partial charge in [0.15, 0.2) is 0 Å². The molecule has 0 atom stereocenters. The van der Waals surface area contributed by atoms with Crippen LogP contribution in [0.2, 0.25) is 0 Å². The second-order valence-electron chi connectivity index (χ2n) is 12.2. The lowest BCUT2D eigenvalue weighted by Crippen LogP contribution is -2.27. The number of halogens is 4. The highest BCUT2D eigenvalue weighted by atomic mass is 32.1. The smallest absolute Gasteiger partial charge is 0.237 e. The number of carbonyl (C=O) groups is 4. The molecular formula is C36H18F4O4S3. The van der Waals surface area contributed by atoms with E-state index in [0.717, 1.165) is 69.0 Å². The molecule has 0 bridgehead atoms. The number of fused-ring (bicyclic) bond motifs is 9. The number of ketones is 4. The predicted octanol–water partition coefficient (Wildman–Crippen LogP) is 9.42. The van der Waals surface area contributed by atoms with Gasteiger partial charge in [0.2, 0.25) is 23.1 Å². The van der Waals surface area contributed by atoms with Gasteiger partial charge in [0.1, 0.15) is 23.3 Å². The molecule has 3 heterocycles. The van der Waals surface area contributed by atoms with Crippen molar-refractivity contribution >= 4 is 89.8 Å². The zero-order valence-electron chi connectivity index (χ0n) is 24.0. The van der Waals surface area contributed by atoms with Crippen LogP contribution in [0.15, 0.2) is 36.4 Å². The van der Waals surface area contributed by atoms with Crippen LogP contribution in [0.5, 0.6) is 0 Å². The summed E-state index contributed by atoms with van der Waals surface area (Å²) in [6.07, 6.45) is 8.01. The van der Waals surface area contributed by atoms with Crippen molar-refractivity contribution in [3.8, 4) is 9.75 Å². The fourth-order valence-corrected chi connectivity index (χ4v) is 11.8. The summed E-state index contributed by atoms with van der Waals surface area (Å²) in [5.74, 6) is -7.54. The number of hydrogen-bond acceptors (Lipinski definition) is 7. The summed E-state index contributed by atoms with van der Waals surface area (Å²) in [5, 5.41) is 0. The summed E-state index contributed by atoms with van der Waals surface area (Å²) in [7, 11) is 0. The molecule has 5 aromatic rings. The summed E-state index contributed by atoms with van der Waals surface area (Å²) in [6, 6.07) is 7.21. The van der Waals surface area contributed by atoms with Crippen molar-refractivity contribution in [2.24, 2.45) is 0 Å². The summed E-state index contributed by atoms with van der Waals surface area (Å²) in [5.41, 5.74) is 1.12. The first kappa shape index (κ1) is 28.9. The maximum Gasteiger partial charge on any atom is 0.237 e. The molecule has 0 aliphatic heterocycles. The number of carbonyl (C=O) groups excluding carboxylic acids is 4. The fraction of sp³-hybridized carbons (Fsp3) is 0.167. The minimum Gasteiger partial charge on any atom is -0.285 e. The average molecular weight is 687 g/mol. The lowest BCUT2D eigenvalue weighted by molar-refractivity contribution is -0.110. The quantitative estimate of drug-likeness (QED) is 0.105. The second kappa shape index (κ2) is 9.85. The first-order chi connectivity index (χ1) is 22.6. The zero-order valence-corrected chi connectivity index (χ0v) is 26.5. The normalized spacial score (nSPS) is 19.5. The maximum atomic E-state index is 14.5. The number of hydrogen-bond donors (Lipinski definition) is 0. The van der Waals surface area contributed by atoms with Crippen LogP contribution in [0.25, 0.3) is 42.5 Å². The summed E-state index contributed by atoms with van der Waals surface area (Å²) >= 11 is 4.54. The van der Waals surface area contributed by atoms with Crippen LogP contribution in [0, 0.1) is 23.3 Å². The Morgan fingerprint density at radius 3 is 1.72 bits per heavy atom. The Bertz CT molecular complexity index is 2410. The molecule has 1 saturated carbocycles. The Hall–Kier alpha value is -4.32. The molecule has 1 spiro atoms. The molecule has 232 valence electrons. The molecule has 0 saturated heterocycles. The van der Waals surface area contributed by atoms with E-state index in [0.29, 0.717) is 21.9 Å². The monoisotopic (exact) mass is 686 g/mol. The second-order valence-corrected chi connectivity index (χ2v) is 15.5. The lowest BCUT2D eigenvalue weighted by atomic mass is 9.68. The van der Waals surface area contributed by atoms with E-state index in [1.165, 1.54) is 28.2 Å². The van der Waals surface area contributed by atoms with E-state index >= 15 is 0 Å². The van der Waals surface area contributed by atoms with Gasteiger partial charge < -0.3 is 0 Å². The standard InChI is InChI=1S/C36H18F4O4S3/c37-14-6-18-20(29(41)31(43)26(18)23(39)8-14)10-16-12-22-33(45-16)35-28(36(22)4-2-1-3-5-36)34-25(47-35)13-17(46-34)11-21-19-7-15(38)9-24(40)27(19)32(44)30(21)42/h6-13H,1-5H2/b20-10-,21-11-. The van der Waals surface area contributed by atoms with Crippen LogP contribution in [0.4, 0.5) is 17.6 Å². The van der Waals surface area contributed by atoms with Gasteiger partial charge in [0, 0.05) is 64.7 Å². The van der Waals surface area contributed by atoms with Gasteiger partial charge in [-0.3, -0.25) is 19.2 Å². The molecule has 9 rings (SSSR count). The predicted molar refractivity (Wildman–Crippen MR) is 174 cm³/mol. The highest BCUT2D eigenvalue weighted by Gasteiger charge is 2.48. The highest BCUT2D eigenvalue weighted by Crippen LogP contribution is 2.64. The Kier molecular flexibility index (Phi) is 6.05. The van der Waals surface area contributed by atoms with E-state index < -0.39 is 57.5 Å². The van der Waals surface area contributed by atoms with Crippen LogP contribution >= 0.6 is 34.0 Å². The fourth-order valence-electron chi connectivity index (χ4n) is 7.71. The van der Waals surface area contributed by atoms with Crippen LogP contribution in [-0.4, -0.2) is 23.1 Å². The van der Waals surface area contributed by atoms with Gasteiger partial charge in [0.05, 0.1) is 20.7 Å². The van der Waals surface area contributed by atoms with Gasteiger partial charge in [-0.15, -0.1) is 34.0 Å². The van der Waals surface area contributed by atoms with Crippen LogP contribution in [-0.2, 0) is 15.0 Å². The third-order valence-electron chi connectivity index (χ3n) is 9.66. The molecule has 4 nitrogen and oxygen atoms in total. The van der Waals surface area contributed by atoms with E-state index in [4.69, 9.17) is 0 Å². The molecule has 2 aromatic carbocycles. The third-order valence-corrected chi connectivity index (χ3v) is 13.3. The first-order valence-electron chi connectivity index (χ1n) is 14.9. The van der Waals surface area contributed by atoms with Crippen LogP contribution in [0.3, 0.4) is 0 Å². The van der Waals surface area contributed by atoms with E-state index in [1.807, 2.05) is 12.1 Å². The minimum absolute atomic E-state index is 0.0210. The van der Waals surface area contributed by atoms with Crippen molar-refractivity contribution in [2.75, 3.05) is 0 Å². The van der Waals surface area contributed by atoms with Gasteiger partial charge in [-0.25, -0.2) is 17.6 Å². The van der Waals surface area contributed by atoms with Gasteiger partial charge >= 0.3 is 0 Å². The Labute approximate surface area is 275 Å². The topological polar surface area (TPSA) is 68.3 Å². The summed E-state index contributed by atoms with van der Waals surface area (Å²) < 4.78 is 59.1. The van der Waals surface area contributed by atoms with Crippen molar-refractivity contribution < 1.29 is 36.7 Å². The van der Waals surface area contributed by atoms with Crippen molar-refractivity contribution in [1.29, 1.82) is 0 Å². The Balaban J connectivity index is 1.17. The number of benzene rings is 2. The van der Waals surface area contributed by atoms with E-state index in [1.54, 1.807) is 23.5 Å². The summed E-state index contributed by atoms with van der Waals surface area (Å²) in [6.45, 7) is 0.